The van der Waals surface area contributed by atoms with Crippen LogP contribution in [-0.2, 0) is 19.6 Å². The van der Waals surface area contributed by atoms with Gasteiger partial charge in [0, 0.05) is 45.3 Å². The number of amides is 2. The second-order valence-corrected chi connectivity index (χ2v) is 9.83. The quantitative estimate of drug-likeness (QED) is 0.742. The average molecular weight is 456 g/mol. The molecule has 1 N–H and O–H groups in total. The Labute approximate surface area is 184 Å². The van der Waals surface area contributed by atoms with Crippen molar-refractivity contribution in [3.63, 3.8) is 0 Å². The number of ether oxygens (including phenoxy) is 2. The van der Waals surface area contributed by atoms with Crippen LogP contribution in [-0.4, -0.2) is 82.3 Å². The standard InChI is InChI=1S/C21H33N3O6S/c1-7-20(25)24-11-14(2)19(29-5)12-23(4)21(26)17-10-16(22-31(6,27)28)8-9-18(17)30-13-15(24)3/h8-10,14-15,19,22H,7,11-13H2,1-6H3/t14-,15-,19+/m1/s1. The first kappa shape index (κ1) is 24.9. The fraction of sp³-hybridized carbons (Fsp3) is 0.619. The Hall–Kier alpha value is -2.33. The zero-order valence-corrected chi connectivity index (χ0v) is 19.9. The first-order valence-electron chi connectivity index (χ1n) is 10.3. The minimum absolute atomic E-state index is 0.0182. The Kier molecular flexibility index (Phi) is 8.30. The molecule has 0 spiro atoms. The fourth-order valence-corrected chi connectivity index (χ4v) is 4.16. The number of anilines is 1. The van der Waals surface area contributed by atoms with E-state index in [1.807, 2.05) is 20.8 Å². The van der Waals surface area contributed by atoms with Crippen molar-refractivity contribution < 1.29 is 27.5 Å². The molecule has 0 fully saturated rings. The number of nitrogens with one attached hydrogen (secondary N) is 1. The van der Waals surface area contributed by atoms with Gasteiger partial charge in [0.05, 0.1) is 24.0 Å². The van der Waals surface area contributed by atoms with Crippen LogP contribution in [0.15, 0.2) is 18.2 Å². The first-order valence-corrected chi connectivity index (χ1v) is 12.2. The zero-order chi connectivity index (χ0) is 23.3. The van der Waals surface area contributed by atoms with Crippen molar-refractivity contribution in [3.05, 3.63) is 23.8 Å². The maximum atomic E-state index is 13.2. The minimum Gasteiger partial charge on any atom is -0.491 e. The number of rotatable bonds is 4. The lowest BCUT2D eigenvalue weighted by Crippen LogP contribution is -2.48. The molecule has 1 aromatic rings. The highest BCUT2D eigenvalue weighted by Gasteiger charge is 2.30. The van der Waals surface area contributed by atoms with E-state index < -0.39 is 10.0 Å². The molecular weight excluding hydrogens is 422 g/mol. The van der Waals surface area contributed by atoms with Gasteiger partial charge < -0.3 is 19.3 Å². The van der Waals surface area contributed by atoms with E-state index in [0.717, 1.165) is 6.26 Å². The summed E-state index contributed by atoms with van der Waals surface area (Å²) in [4.78, 5) is 29.1. The molecular formula is C21H33N3O6S. The van der Waals surface area contributed by atoms with E-state index in [1.165, 1.54) is 11.0 Å². The molecule has 0 unspecified atom stereocenters. The monoisotopic (exact) mass is 455 g/mol. The molecule has 0 saturated heterocycles. The number of sulfonamides is 1. The molecule has 2 rings (SSSR count). The van der Waals surface area contributed by atoms with Gasteiger partial charge >= 0.3 is 0 Å². The van der Waals surface area contributed by atoms with Crippen LogP contribution in [0.1, 0.15) is 37.6 Å². The summed E-state index contributed by atoms with van der Waals surface area (Å²) in [5.41, 5.74) is 0.506. The van der Waals surface area contributed by atoms with Crippen molar-refractivity contribution in [1.29, 1.82) is 0 Å². The van der Waals surface area contributed by atoms with Crippen molar-refractivity contribution in [2.24, 2.45) is 5.92 Å². The van der Waals surface area contributed by atoms with E-state index in [4.69, 9.17) is 9.47 Å². The van der Waals surface area contributed by atoms with Gasteiger partial charge in [-0.25, -0.2) is 8.42 Å². The number of methoxy groups -OCH3 is 1. The highest BCUT2D eigenvalue weighted by Crippen LogP contribution is 2.27. The molecule has 0 radical (unpaired) electrons. The van der Waals surface area contributed by atoms with Gasteiger partial charge in [-0.05, 0) is 25.1 Å². The molecule has 31 heavy (non-hydrogen) atoms. The van der Waals surface area contributed by atoms with Crippen LogP contribution in [0.3, 0.4) is 0 Å². The number of carbonyl (C=O) groups excluding carboxylic acids is 2. The van der Waals surface area contributed by atoms with Crippen molar-refractivity contribution in [3.8, 4) is 5.75 Å². The molecule has 9 nitrogen and oxygen atoms in total. The molecule has 1 aliphatic rings. The van der Waals surface area contributed by atoms with Gasteiger partial charge in [0.15, 0.2) is 0 Å². The number of fused-ring (bicyclic) bond motifs is 1. The summed E-state index contributed by atoms with van der Waals surface area (Å²) in [6.45, 7) is 6.70. The fourth-order valence-electron chi connectivity index (χ4n) is 3.60. The molecule has 10 heteroatoms. The summed E-state index contributed by atoms with van der Waals surface area (Å²) in [7, 11) is -0.256. The minimum atomic E-state index is -3.50. The van der Waals surface area contributed by atoms with Gasteiger partial charge in [0.2, 0.25) is 15.9 Å². The summed E-state index contributed by atoms with van der Waals surface area (Å²) in [6, 6.07) is 4.35. The molecule has 174 valence electrons. The van der Waals surface area contributed by atoms with Gasteiger partial charge in [0.25, 0.3) is 5.91 Å². The van der Waals surface area contributed by atoms with E-state index in [1.54, 1.807) is 31.2 Å². The Morgan fingerprint density at radius 1 is 1.29 bits per heavy atom. The van der Waals surface area contributed by atoms with Gasteiger partial charge in [-0.15, -0.1) is 0 Å². The lowest BCUT2D eigenvalue weighted by molar-refractivity contribution is -0.135. The second kappa shape index (κ2) is 10.3. The summed E-state index contributed by atoms with van der Waals surface area (Å²) < 4.78 is 37.2. The topological polar surface area (TPSA) is 105 Å². The van der Waals surface area contributed by atoms with E-state index in [2.05, 4.69) is 4.72 Å². The number of hydrogen-bond acceptors (Lipinski definition) is 6. The zero-order valence-electron chi connectivity index (χ0n) is 19.0. The Balaban J connectivity index is 2.48. The summed E-state index contributed by atoms with van der Waals surface area (Å²) in [5, 5.41) is 0. The van der Waals surface area contributed by atoms with Crippen molar-refractivity contribution in [2.75, 3.05) is 44.8 Å². The van der Waals surface area contributed by atoms with E-state index in [-0.39, 0.29) is 47.7 Å². The third-order valence-corrected chi connectivity index (χ3v) is 5.98. The number of likely N-dealkylation sites (N-methyl/N-ethyl adjacent to an activating group) is 1. The summed E-state index contributed by atoms with van der Waals surface area (Å²) in [5.74, 6) is 0.0212. The maximum Gasteiger partial charge on any atom is 0.257 e. The van der Waals surface area contributed by atoms with Gasteiger partial charge in [0.1, 0.15) is 12.4 Å². The molecule has 1 aliphatic heterocycles. The largest absolute Gasteiger partial charge is 0.491 e. The third-order valence-electron chi connectivity index (χ3n) is 5.37. The van der Waals surface area contributed by atoms with E-state index in [0.29, 0.717) is 25.3 Å². The van der Waals surface area contributed by atoms with Gasteiger partial charge in [-0.3, -0.25) is 14.3 Å². The molecule has 3 atom stereocenters. The van der Waals surface area contributed by atoms with Crippen LogP contribution >= 0.6 is 0 Å². The number of hydrogen-bond donors (Lipinski definition) is 1. The maximum absolute atomic E-state index is 13.2. The normalized spacial score (nSPS) is 23.3. The lowest BCUT2D eigenvalue weighted by Gasteiger charge is -2.36. The smallest absolute Gasteiger partial charge is 0.257 e. The van der Waals surface area contributed by atoms with Crippen molar-refractivity contribution in [1.82, 2.24) is 9.80 Å². The molecule has 0 bridgehead atoms. The predicted molar refractivity (Wildman–Crippen MR) is 119 cm³/mol. The van der Waals surface area contributed by atoms with Crippen molar-refractivity contribution in [2.45, 2.75) is 39.3 Å². The molecule has 2 amide bonds. The van der Waals surface area contributed by atoms with Crippen LogP contribution in [0.25, 0.3) is 0 Å². The molecule has 0 saturated carbocycles. The Morgan fingerprint density at radius 2 is 1.97 bits per heavy atom. The second-order valence-electron chi connectivity index (χ2n) is 8.08. The molecule has 1 aromatic carbocycles. The van der Waals surface area contributed by atoms with Crippen LogP contribution < -0.4 is 9.46 Å². The predicted octanol–water partition coefficient (Wildman–Crippen LogP) is 1.80. The van der Waals surface area contributed by atoms with Gasteiger partial charge in [-0.2, -0.15) is 0 Å². The number of benzene rings is 1. The molecule has 0 aliphatic carbocycles. The Bertz CT molecular complexity index is 904. The van der Waals surface area contributed by atoms with Crippen molar-refractivity contribution >= 4 is 27.5 Å². The summed E-state index contributed by atoms with van der Waals surface area (Å²) in [6.07, 6.45) is 1.14. The third kappa shape index (κ3) is 6.57. The lowest BCUT2D eigenvalue weighted by atomic mass is 10.0. The Morgan fingerprint density at radius 3 is 2.55 bits per heavy atom. The average Bonchev–Trinajstić information content (AvgIpc) is 2.71. The van der Waals surface area contributed by atoms with Crippen LogP contribution in [0.4, 0.5) is 5.69 Å². The highest BCUT2D eigenvalue weighted by atomic mass is 32.2. The molecule has 0 aromatic heterocycles. The summed E-state index contributed by atoms with van der Waals surface area (Å²) >= 11 is 0. The van der Waals surface area contributed by atoms with E-state index >= 15 is 0 Å². The number of nitrogens with zero attached hydrogens (tertiary/aromatic N) is 2. The SMILES string of the molecule is CCC(=O)N1C[C@@H](C)[C@@H](OC)CN(C)C(=O)c2cc(NS(C)(=O)=O)ccc2OC[C@H]1C. The first-order chi connectivity index (χ1) is 14.5. The number of carbonyl (C=O) groups is 2. The van der Waals surface area contributed by atoms with Crippen LogP contribution in [0, 0.1) is 5.92 Å². The van der Waals surface area contributed by atoms with Crippen LogP contribution in [0.2, 0.25) is 0 Å². The van der Waals surface area contributed by atoms with Gasteiger partial charge in [-0.1, -0.05) is 13.8 Å². The molecule has 1 heterocycles. The van der Waals surface area contributed by atoms with Crippen LogP contribution in [0.5, 0.6) is 5.75 Å². The highest BCUT2D eigenvalue weighted by molar-refractivity contribution is 7.92. The van der Waals surface area contributed by atoms with E-state index in [9.17, 15) is 18.0 Å².